The summed E-state index contributed by atoms with van der Waals surface area (Å²) >= 11 is 0. The molecule has 1 amide bonds. The maximum absolute atomic E-state index is 13.4. The molecule has 6 heteroatoms. The van der Waals surface area contributed by atoms with Gasteiger partial charge in [0.05, 0.1) is 0 Å². The molecule has 1 aliphatic carbocycles. The van der Waals surface area contributed by atoms with Gasteiger partial charge in [0, 0.05) is 17.4 Å². The van der Waals surface area contributed by atoms with Crippen LogP contribution >= 0.6 is 0 Å². The van der Waals surface area contributed by atoms with E-state index < -0.39 is 11.6 Å². The number of nitrogens with zero attached hydrogens (tertiary/aromatic N) is 1. The van der Waals surface area contributed by atoms with E-state index in [-0.39, 0.29) is 29.1 Å². The molecular weight excluding hydrogens is 386 g/mol. The number of benzene rings is 1. The lowest BCUT2D eigenvalue weighted by molar-refractivity contribution is -0.124. The maximum atomic E-state index is 13.4. The van der Waals surface area contributed by atoms with Gasteiger partial charge in [0.1, 0.15) is 0 Å². The van der Waals surface area contributed by atoms with Crippen LogP contribution in [-0.4, -0.2) is 36.2 Å². The number of nitrogens with two attached hydrogens (primary N) is 1. The fourth-order valence-corrected chi connectivity index (χ4v) is 5.32. The SMILES string of the molecule is CCC(C(N)=O)C1CCC(CCN2CCC(C(=O)c3ccc(F)c(F)c3)CC2)CC1. The molecule has 0 aromatic heterocycles. The number of rotatable bonds is 8. The fraction of sp³-hybridized carbons (Fsp3) is 0.667. The second-order valence-corrected chi connectivity index (χ2v) is 9.10. The number of primary amides is 1. The number of hydrogen-bond acceptors (Lipinski definition) is 3. The van der Waals surface area contributed by atoms with Crippen LogP contribution in [0.1, 0.15) is 68.6 Å². The van der Waals surface area contributed by atoms with Gasteiger partial charge in [0.15, 0.2) is 17.4 Å². The second-order valence-electron chi connectivity index (χ2n) is 9.10. The van der Waals surface area contributed by atoms with Crippen molar-refractivity contribution in [3.63, 3.8) is 0 Å². The van der Waals surface area contributed by atoms with E-state index in [9.17, 15) is 18.4 Å². The summed E-state index contributed by atoms with van der Waals surface area (Å²) in [6.45, 7) is 4.82. The number of Topliss-reactive ketones (excluding diaryl/α,β-unsaturated/α-hetero) is 1. The number of piperidine rings is 1. The molecule has 3 rings (SSSR count). The topological polar surface area (TPSA) is 63.4 Å². The lowest BCUT2D eigenvalue weighted by Crippen LogP contribution is -2.38. The molecule has 1 aromatic rings. The molecule has 2 aliphatic rings. The first-order chi connectivity index (χ1) is 14.4. The lowest BCUT2D eigenvalue weighted by Gasteiger charge is -2.35. The van der Waals surface area contributed by atoms with Crippen LogP contribution in [0.3, 0.4) is 0 Å². The van der Waals surface area contributed by atoms with E-state index in [1.807, 2.05) is 6.92 Å². The van der Waals surface area contributed by atoms with E-state index in [0.717, 1.165) is 70.3 Å². The van der Waals surface area contributed by atoms with Gasteiger partial charge in [-0.3, -0.25) is 9.59 Å². The minimum absolute atomic E-state index is 0.0251. The predicted octanol–water partition coefficient (Wildman–Crippen LogP) is 4.57. The Balaban J connectivity index is 1.39. The van der Waals surface area contributed by atoms with E-state index in [0.29, 0.717) is 11.8 Å². The summed E-state index contributed by atoms with van der Waals surface area (Å²) in [5, 5.41) is 0. The molecule has 1 atom stereocenters. The Morgan fingerprint density at radius 1 is 1.07 bits per heavy atom. The zero-order chi connectivity index (χ0) is 21.7. The molecule has 30 heavy (non-hydrogen) atoms. The van der Waals surface area contributed by atoms with Crippen molar-refractivity contribution >= 4 is 11.7 Å². The minimum Gasteiger partial charge on any atom is -0.369 e. The average molecular weight is 421 g/mol. The number of amides is 1. The summed E-state index contributed by atoms with van der Waals surface area (Å²) in [5.74, 6) is -1.05. The maximum Gasteiger partial charge on any atom is 0.220 e. The molecule has 1 aliphatic heterocycles. The monoisotopic (exact) mass is 420 g/mol. The number of ketones is 1. The van der Waals surface area contributed by atoms with Gasteiger partial charge in [-0.15, -0.1) is 0 Å². The van der Waals surface area contributed by atoms with Crippen LogP contribution < -0.4 is 5.73 Å². The zero-order valence-corrected chi connectivity index (χ0v) is 17.9. The standard InChI is InChI=1S/C24H34F2N2O2/c1-2-20(24(27)30)17-5-3-16(4-6-17)9-12-28-13-10-18(11-14-28)23(29)19-7-8-21(25)22(26)15-19/h7-8,15-18,20H,2-6,9-14H2,1H3,(H2,27,30). The molecule has 1 heterocycles. The number of likely N-dealkylation sites (tertiary alicyclic amines) is 1. The van der Waals surface area contributed by atoms with Crippen LogP contribution in [0.4, 0.5) is 8.78 Å². The van der Waals surface area contributed by atoms with Gasteiger partial charge in [-0.05, 0) is 88.2 Å². The van der Waals surface area contributed by atoms with Gasteiger partial charge < -0.3 is 10.6 Å². The van der Waals surface area contributed by atoms with Gasteiger partial charge in [0.25, 0.3) is 0 Å². The molecule has 0 radical (unpaired) electrons. The lowest BCUT2D eigenvalue weighted by atomic mass is 9.74. The number of carbonyl (C=O) groups is 2. The Kier molecular flexibility index (Phi) is 7.98. The van der Waals surface area contributed by atoms with Crippen molar-refractivity contribution in [3.05, 3.63) is 35.4 Å². The third-order valence-corrected chi connectivity index (χ3v) is 7.28. The van der Waals surface area contributed by atoms with Gasteiger partial charge in [-0.2, -0.15) is 0 Å². The molecule has 0 bridgehead atoms. The zero-order valence-electron chi connectivity index (χ0n) is 17.9. The summed E-state index contributed by atoms with van der Waals surface area (Å²) in [6.07, 6.45) is 8.04. The third-order valence-electron chi connectivity index (χ3n) is 7.28. The van der Waals surface area contributed by atoms with Crippen LogP contribution in [0, 0.1) is 35.3 Å². The second kappa shape index (κ2) is 10.5. The average Bonchev–Trinajstić information content (AvgIpc) is 2.75. The number of hydrogen-bond donors (Lipinski definition) is 1. The Morgan fingerprint density at radius 2 is 1.73 bits per heavy atom. The summed E-state index contributed by atoms with van der Waals surface area (Å²) < 4.78 is 26.5. The summed E-state index contributed by atoms with van der Waals surface area (Å²) in [4.78, 5) is 26.6. The van der Waals surface area contributed by atoms with Crippen molar-refractivity contribution in [2.45, 2.75) is 58.3 Å². The molecule has 166 valence electrons. The Bertz CT molecular complexity index is 739. The van der Waals surface area contributed by atoms with Crippen molar-refractivity contribution in [1.82, 2.24) is 4.90 Å². The van der Waals surface area contributed by atoms with E-state index in [1.165, 1.54) is 18.9 Å². The van der Waals surface area contributed by atoms with Crippen LogP contribution in [0.2, 0.25) is 0 Å². The molecule has 2 fully saturated rings. The highest BCUT2D eigenvalue weighted by atomic mass is 19.2. The van der Waals surface area contributed by atoms with Crippen molar-refractivity contribution in [2.75, 3.05) is 19.6 Å². The summed E-state index contributed by atoms with van der Waals surface area (Å²) in [6, 6.07) is 3.42. The largest absolute Gasteiger partial charge is 0.369 e. The van der Waals surface area contributed by atoms with E-state index in [1.54, 1.807) is 0 Å². The molecule has 4 nitrogen and oxygen atoms in total. The first-order valence-electron chi connectivity index (χ1n) is 11.4. The van der Waals surface area contributed by atoms with Crippen molar-refractivity contribution in [3.8, 4) is 0 Å². The van der Waals surface area contributed by atoms with Crippen molar-refractivity contribution in [1.29, 1.82) is 0 Å². The summed E-state index contributed by atoms with van der Waals surface area (Å²) in [7, 11) is 0. The van der Waals surface area contributed by atoms with Crippen molar-refractivity contribution in [2.24, 2.45) is 29.4 Å². The first-order valence-corrected chi connectivity index (χ1v) is 11.4. The number of carbonyl (C=O) groups excluding carboxylic acids is 2. The van der Waals surface area contributed by atoms with Gasteiger partial charge in [-0.25, -0.2) is 8.78 Å². The quantitative estimate of drug-likeness (QED) is 0.627. The van der Waals surface area contributed by atoms with E-state index >= 15 is 0 Å². The van der Waals surface area contributed by atoms with Gasteiger partial charge in [-0.1, -0.05) is 19.8 Å². The molecule has 1 saturated heterocycles. The van der Waals surface area contributed by atoms with Crippen LogP contribution in [0.25, 0.3) is 0 Å². The Hall–Kier alpha value is -1.82. The highest BCUT2D eigenvalue weighted by Crippen LogP contribution is 2.36. The first kappa shape index (κ1) is 22.9. The minimum atomic E-state index is -0.964. The van der Waals surface area contributed by atoms with E-state index in [4.69, 9.17) is 5.73 Å². The molecular formula is C24H34F2N2O2. The summed E-state index contributed by atoms with van der Waals surface area (Å²) in [5.41, 5.74) is 5.82. The van der Waals surface area contributed by atoms with Crippen LogP contribution in [0.15, 0.2) is 18.2 Å². The number of halogens is 2. The molecule has 1 aromatic carbocycles. The molecule has 1 saturated carbocycles. The molecule has 0 spiro atoms. The predicted molar refractivity (Wildman–Crippen MR) is 113 cm³/mol. The highest BCUT2D eigenvalue weighted by Gasteiger charge is 2.30. The highest BCUT2D eigenvalue weighted by molar-refractivity contribution is 5.97. The molecule has 2 N–H and O–H groups in total. The third kappa shape index (κ3) is 5.65. The van der Waals surface area contributed by atoms with Crippen LogP contribution in [-0.2, 0) is 4.79 Å². The smallest absolute Gasteiger partial charge is 0.220 e. The fourth-order valence-electron chi connectivity index (χ4n) is 5.32. The van der Waals surface area contributed by atoms with Crippen molar-refractivity contribution < 1.29 is 18.4 Å². The van der Waals surface area contributed by atoms with E-state index in [2.05, 4.69) is 4.90 Å². The van der Waals surface area contributed by atoms with Gasteiger partial charge >= 0.3 is 0 Å². The normalized spacial score (nSPS) is 24.5. The van der Waals surface area contributed by atoms with Gasteiger partial charge in [0.2, 0.25) is 5.91 Å². The van der Waals surface area contributed by atoms with Crippen LogP contribution in [0.5, 0.6) is 0 Å². The Labute approximate surface area is 178 Å². The molecule has 1 unspecified atom stereocenters. The Morgan fingerprint density at radius 3 is 2.30 bits per heavy atom.